The predicted octanol–water partition coefficient (Wildman–Crippen LogP) is 4.05. The van der Waals surface area contributed by atoms with Gasteiger partial charge in [-0.05, 0) is 55.0 Å². The van der Waals surface area contributed by atoms with Gasteiger partial charge < -0.3 is 41.3 Å². The number of piperazine rings is 1. The maximum absolute atomic E-state index is 14.1. The molecule has 0 unspecified atom stereocenters. The summed E-state index contributed by atoms with van der Waals surface area (Å²) in [6.07, 6.45) is -0.324. The van der Waals surface area contributed by atoms with Gasteiger partial charge in [0.25, 0.3) is 0 Å². The van der Waals surface area contributed by atoms with E-state index in [1.165, 1.54) is 4.90 Å². The molecule has 2 aliphatic rings. The first-order chi connectivity index (χ1) is 27.6. The first-order valence-electron chi connectivity index (χ1n) is 19.6. The van der Waals surface area contributed by atoms with Gasteiger partial charge in [0.1, 0.15) is 17.8 Å². The molecule has 0 spiro atoms. The number of nitrogens with one attached hydrogen (secondary N) is 2. The van der Waals surface area contributed by atoms with Gasteiger partial charge in [-0.2, -0.15) is 0 Å². The Hall–Kier alpha value is -5.61. The number of aliphatic hydroxyl groups is 1. The number of nitrogens with two attached hydrogens (primary N) is 1. The lowest BCUT2D eigenvalue weighted by Gasteiger charge is -2.36. The van der Waals surface area contributed by atoms with Gasteiger partial charge in [-0.1, -0.05) is 57.2 Å². The monoisotopic (exact) mass is 811 g/mol. The van der Waals surface area contributed by atoms with E-state index in [-0.39, 0.29) is 67.6 Å². The van der Waals surface area contributed by atoms with Crippen molar-refractivity contribution in [3.05, 3.63) is 71.4 Å². The molecule has 4 aromatic rings. The van der Waals surface area contributed by atoms with E-state index in [0.29, 0.717) is 43.1 Å². The number of carbonyl (C=O) groups is 4. The van der Waals surface area contributed by atoms with E-state index >= 15 is 0 Å². The van der Waals surface area contributed by atoms with Gasteiger partial charge in [0.05, 0.1) is 39.6 Å². The minimum Gasteiger partial charge on any atom is -0.507 e. The average molecular weight is 812 g/mol. The summed E-state index contributed by atoms with van der Waals surface area (Å²) in [5.41, 5.74) is 11.9. The third-order valence-electron chi connectivity index (χ3n) is 10.8. The maximum Gasteiger partial charge on any atom is 0.246 e. The zero-order valence-corrected chi connectivity index (χ0v) is 34.5. The van der Waals surface area contributed by atoms with Crippen molar-refractivity contribution in [2.75, 3.05) is 43.4 Å². The molecule has 0 saturated carbocycles. The van der Waals surface area contributed by atoms with Gasteiger partial charge in [0, 0.05) is 57.5 Å². The lowest BCUT2D eigenvalue weighted by Crippen LogP contribution is -2.57. The van der Waals surface area contributed by atoms with Crippen LogP contribution in [0.4, 0.5) is 11.5 Å². The summed E-state index contributed by atoms with van der Waals surface area (Å²) in [6.45, 7) is 11.3. The summed E-state index contributed by atoms with van der Waals surface area (Å²) in [4.78, 5) is 64.8. The Labute approximate surface area is 342 Å². The molecule has 2 aliphatic heterocycles. The minimum absolute atomic E-state index is 0.0273. The van der Waals surface area contributed by atoms with E-state index in [2.05, 4.69) is 25.8 Å². The molecule has 308 valence electrons. The Bertz CT molecular complexity index is 2110. The lowest BCUT2D eigenvalue weighted by molar-refractivity contribution is -0.144. The quantitative estimate of drug-likeness (QED) is 0.138. The third kappa shape index (κ3) is 9.73. The number of aromatic hydroxyl groups is 1. The number of benzene rings is 2. The van der Waals surface area contributed by atoms with Gasteiger partial charge in [-0.3, -0.25) is 19.2 Å². The van der Waals surface area contributed by atoms with E-state index in [9.17, 15) is 29.4 Å². The highest BCUT2D eigenvalue weighted by Gasteiger charge is 2.44. The van der Waals surface area contributed by atoms with Crippen molar-refractivity contribution in [3.8, 4) is 27.4 Å². The standard InChI is InChI=1S/C42H53N9O6S/c1-25(27-13-15-28(16-14-27)37-26(2)44-24-58-37)45-40(56)33-21-29(52)23-51(33)41(57)38(42(3,4)5)46-35(54)11-8-12-36(55)50-19-17-49(18-20-50)32-22-31(47-48-39(32)43)30-9-6-7-10-34(30)53/h6-7,9-10,13-16,22,24-25,29,33,38,52-53H,8,11-12,17-21,23H2,1-5H3,(H2,43,48)(H,45,56)(H,46,54)/t25-,29+,33-,38+/m0/s1. The molecular formula is C42H53N9O6S. The summed E-state index contributed by atoms with van der Waals surface area (Å²) in [5, 5.41) is 35.1. The Balaban J connectivity index is 0.992. The predicted molar refractivity (Wildman–Crippen MR) is 223 cm³/mol. The van der Waals surface area contributed by atoms with Crippen LogP contribution in [0, 0.1) is 12.3 Å². The molecule has 15 nitrogen and oxygen atoms in total. The van der Waals surface area contributed by atoms with Crippen molar-refractivity contribution in [2.45, 2.75) is 84.5 Å². The molecule has 0 radical (unpaired) electrons. The van der Waals surface area contributed by atoms with Gasteiger partial charge >= 0.3 is 0 Å². The Kier molecular flexibility index (Phi) is 13.0. The van der Waals surface area contributed by atoms with Crippen LogP contribution in [0.5, 0.6) is 5.75 Å². The number of aryl methyl sites for hydroxylation is 1. The second kappa shape index (κ2) is 17.9. The highest BCUT2D eigenvalue weighted by molar-refractivity contribution is 7.13. The zero-order chi connectivity index (χ0) is 41.7. The van der Waals surface area contributed by atoms with Crippen molar-refractivity contribution < 1.29 is 29.4 Å². The van der Waals surface area contributed by atoms with Gasteiger partial charge in [0.15, 0.2) is 5.82 Å². The Morgan fingerprint density at radius 1 is 0.983 bits per heavy atom. The Morgan fingerprint density at radius 3 is 2.34 bits per heavy atom. The molecule has 2 fully saturated rings. The average Bonchev–Trinajstić information content (AvgIpc) is 3.82. The van der Waals surface area contributed by atoms with E-state index in [4.69, 9.17) is 5.73 Å². The van der Waals surface area contributed by atoms with Crippen LogP contribution < -0.4 is 21.3 Å². The van der Waals surface area contributed by atoms with Crippen LogP contribution in [0.25, 0.3) is 21.7 Å². The summed E-state index contributed by atoms with van der Waals surface area (Å²) >= 11 is 1.57. The number of hydrogen-bond donors (Lipinski definition) is 5. The Morgan fingerprint density at radius 2 is 1.69 bits per heavy atom. The molecule has 16 heteroatoms. The summed E-state index contributed by atoms with van der Waals surface area (Å²) in [6, 6.07) is 14.3. The van der Waals surface area contributed by atoms with E-state index in [1.54, 1.807) is 46.6 Å². The number of anilines is 2. The topological polar surface area (TPSA) is 207 Å². The van der Waals surface area contributed by atoms with E-state index < -0.39 is 29.5 Å². The largest absolute Gasteiger partial charge is 0.507 e. The van der Waals surface area contributed by atoms with Gasteiger partial charge in [0.2, 0.25) is 23.6 Å². The van der Waals surface area contributed by atoms with Crippen LogP contribution in [0.2, 0.25) is 0 Å². The number of thiazole rings is 1. The molecule has 6 N–H and O–H groups in total. The van der Waals surface area contributed by atoms with Crippen LogP contribution in [0.15, 0.2) is 60.1 Å². The number of para-hydroxylation sites is 1. The molecule has 0 aliphatic carbocycles. The van der Waals surface area contributed by atoms with Crippen LogP contribution in [-0.4, -0.2) is 110 Å². The number of amides is 4. The number of aliphatic hydroxyl groups excluding tert-OH is 1. The fourth-order valence-electron chi connectivity index (χ4n) is 7.47. The number of carbonyl (C=O) groups excluding carboxylic acids is 4. The van der Waals surface area contributed by atoms with Crippen molar-refractivity contribution >= 4 is 46.5 Å². The van der Waals surface area contributed by atoms with Crippen molar-refractivity contribution in [2.24, 2.45) is 5.41 Å². The van der Waals surface area contributed by atoms with Crippen molar-refractivity contribution in [1.82, 2.24) is 35.6 Å². The number of nitrogen functional groups attached to an aromatic ring is 1. The smallest absolute Gasteiger partial charge is 0.246 e. The van der Waals surface area contributed by atoms with E-state index in [0.717, 1.165) is 21.7 Å². The molecule has 0 bridgehead atoms. The maximum atomic E-state index is 14.1. The van der Waals surface area contributed by atoms with Crippen molar-refractivity contribution in [3.63, 3.8) is 0 Å². The fourth-order valence-corrected chi connectivity index (χ4v) is 8.28. The van der Waals surface area contributed by atoms with Crippen molar-refractivity contribution in [1.29, 1.82) is 0 Å². The summed E-state index contributed by atoms with van der Waals surface area (Å²) < 4.78 is 0. The number of phenolic OH excluding ortho intramolecular Hbond substituents is 1. The SMILES string of the molecule is Cc1ncsc1-c1ccc([C@H](C)NC(=O)[C@@H]2C[C@@H](O)CN2C(=O)[C@@H](NC(=O)CCCC(=O)N2CCN(c3cc(-c4ccccc4O)nnc3N)CC2)C(C)(C)C)cc1. The molecule has 4 atom stereocenters. The van der Waals surface area contributed by atoms with Crippen LogP contribution in [0.3, 0.4) is 0 Å². The number of β-amino-alcohol motifs (C(OH)–C–C–N with tert-alkyl or cyclic N) is 1. The lowest BCUT2D eigenvalue weighted by atomic mass is 9.85. The summed E-state index contributed by atoms with van der Waals surface area (Å²) in [5.74, 6) is -0.933. The van der Waals surface area contributed by atoms with Gasteiger partial charge in [-0.25, -0.2) is 4.98 Å². The number of nitrogens with zero attached hydrogens (tertiary/aromatic N) is 6. The molecule has 4 amide bonds. The molecule has 2 saturated heterocycles. The second-order valence-corrected chi connectivity index (χ2v) is 17.0. The molecule has 4 heterocycles. The number of phenols is 1. The number of rotatable bonds is 12. The van der Waals surface area contributed by atoms with Gasteiger partial charge in [-0.15, -0.1) is 21.5 Å². The van der Waals surface area contributed by atoms with Crippen LogP contribution in [-0.2, 0) is 19.2 Å². The first-order valence-corrected chi connectivity index (χ1v) is 20.5. The molecular weight excluding hydrogens is 759 g/mol. The number of likely N-dealkylation sites (tertiary alicyclic amines) is 1. The van der Waals surface area contributed by atoms with Crippen LogP contribution in [0.1, 0.15) is 70.7 Å². The number of hydrogen-bond acceptors (Lipinski definition) is 12. The first kappa shape index (κ1) is 42.0. The number of aromatic nitrogens is 3. The third-order valence-corrected chi connectivity index (χ3v) is 11.8. The zero-order valence-electron chi connectivity index (χ0n) is 33.6. The van der Waals surface area contributed by atoms with Crippen LogP contribution >= 0.6 is 11.3 Å². The molecule has 6 rings (SSSR count). The molecule has 2 aromatic heterocycles. The second-order valence-electron chi connectivity index (χ2n) is 16.1. The highest BCUT2D eigenvalue weighted by atomic mass is 32.1. The fraction of sp³-hybridized carbons (Fsp3) is 0.452. The highest BCUT2D eigenvalue weighted by Crippen LogP contribution is 2.33. The van der Waals surface area contributed by atoms with E-state index in [1.807, 2.05) is 69.3 Å². The molecule has 2 aromatic carbocycles. The normalized spacial score (nSPS) is 18.1. The minimum atomic E-state index is -0.967. The summed E-state index contributed by atoms with van der Waals surface area (Å²) in [7, 11) is 0. The molecule has 58 heavy (non-hydrogen) atoms.